The lowest BCUT2D eigenvalue weighted by Crippen LogP contribution is -2.51. The van der Waals surface area contributed by atoms with Crippen molar-refractivity contribution in [1.82, 2.24) is 10.6 Å². The molecule has 21 heavy (non-hydrogen) atoms. The standard InChI is InChI=1S/C11H17FN2O7/c12-5-1-2-6(9(17)18)13-11(21)14-7(10(19)20)3-4-8(15)16/h6-7H,1-5H2,(H,15,16)(H,17,18)(H,19,20)(H2,13,14,21)/t6-,7-/m0/s1. The summed E-state index contributed by atoms with van der Waals surface area (Å²) >= 11 is 0. The van der Waals surface area contributed by atoms with Crippen molar-refractivity contribution in [3.05, 3.63) is 0 Å². The average Bonchev–Trinajstić information content (AvgIpc) is 2.38. The molecule has 0 aromatic heterocycles. The fourth-order valence-corrected chi connectivity index (χ4v) is 1.42. The van der Waals surface area contributed by atoms with E-state index in [0.717, 1.165) is 0 Å². The number of hydrogen-bond acceptors (Lipinski definition) is 4. The Hall–Kier alpha value is -2.39. The quantitative estimate of drug-likeness (QED) is 0.374. The van der Waals surface area contributed by atoms with E-state index in [2.05, 4.69) is 0 Å². The number of carbonyl (C=O) groups is 4. The SMILES string of the molecule is O=C(O)CC[C@H](NC(=O)N[C@@H](CCCF)C(=O)O)C(=O)O. The molecular formula is C11H17FN2O7. The van der Waals surface area contributed by atoms with Crippen LogP contribution in [0.1, 0.15) is 25.7 Å². The molecule has 0 saturated carbocycles. The average molecular weight is 308 g/mol. The molecule has 0 saturated heterocycles. The molecule has 5 N–H and O–H groups in total. The molecule has 0 fully saturated rings. The van der Waals surface area contributed by atoms with Gasteiger partial charge in [0.05, 0.1) is 6.67 Å². The predicted molar refractivity (Wildman–Crippen MR) is 66.6 cm³/mol. The Balaban J connectivity index is 4.49. The number of rotatable bonds is 10. The summed E-state index contributed by atoms with van der Waals surface area (Å²) in [6, 6.07) is -3.88. The first-order valence-corrected chi connectivity index (χ1v) is 6.08. The highest BCUT2D eigenvalue weighted by Gasteiger charge is 2.24. The van der Waals surface area contributed by atoms with E-state index in [1.54, 1.807) is 0 Å². The van der Waals surface area contributed by atoms with E-state index in [4.69, 9.17) is 15.3 Å². The van der Waals surface area contributed by atoms with Gasteiger partial charge in [-0.05, 0) is 19.3 Å². The van der Waals surface area contributed by atoms with E-state index >= 15 is 0 Å². The summed E-state index contributed by atoms with van der Waals surface area (Å²) in [4.78, 5) is 43.5. The minimum atomic E-state index is -1.46. The van der Waals surface area contributed by atoms with Crippen molar-refractivity contribution in [2.75, 3.05) is 6.67 Å². The summed E-state index contributed by atoms with van der Waals surface area (Å²) in [6.45, 7) is -0.747. The molecule has 0 bridgehead atoms. The van der Waals surface area contributed by atoms with Crippen LogP contribution in [0.4, 0.5) is 9.18 Å². The molecule has 10 heteroatoms. The first-order chi connectivity index (χ1) is 9.77. The number of alkyl halides is 1. The second-order valence-corrected chi connectivity index (χ2v) is 4.16. The minimum Gasteiger partial charge on any atom is -0.481 e. The minimum absolute atomic E-state index is 0.0708. The van der Waals surface area contributed by atoms with Crippen LogP contribution in [0, 0.1) is 0 Å². The van der Waals surface area contributed by atoms with Crippen molar-refractivity contribution in [3.63, 3.8) is 0 Å². The molecule has 0 aliphatic heterocycles. The first kappa shape index (κ1) is 18.6. The van der Waals surface area contributed by atoms with Crippen LogP contribution >= 0.6 is 0 Å². The molecule has 0 aliphatic rings. The second kappa shape index (κ2) is 9.50. The Bertz CT molecular complexity index is 402. The lowest BCUT2D eigenvalue weighted by molar-refractivity contribution is -0.140. The van der Waals surface area contributed by atoms with E-state index < -0.39 is 49.1 Å². The number of amides is 2. The Morgan fingerprint density at radius 3 is 1.76 bits per heavy atom. The topological polar surface area (TPSA) is 153 Å². The maximum absolute atomic E-state index is 12.0. The molecule has 9 nitrogen and oxygen atoms in total. The maximum atomic E-state index is 12.0. The van der Waals surface area contributed by atoms with Crippen LogP contribution in [-0.2, 0) is 14.4 Å². The highest BCUT2D eigenvalue weighted by molar-refractivity contribution is 5.86. The number of hydrogen-bond donors (Lipinski definition) is 5. The van der Waals surface area contributed by atoms with Gasteiger partial charge >= 0.3 is 23.9 Å². The van der Waals surface area contributed by atoms with Gasteiger partial charge in [0.15, 0.2) is 0 Å². The number of aliphatic carboxylic acids is 3. The number of nitrogens with one attached hydrogen (secondary N) is 2. The zero-order chi connectivity index (χ0) is 16.4. The van der Waals surface area contributed by atoms with Crippen LogP contribution < -0.4 is 10.6 Å². The largest absolute Gasteiger partial charge is 0.481 e. The van der Waals surface area contributed by atoms with Gasteiger partial charge in [0, 0.05) is 6.42 Å². The Morgan fingerprint density at radius 2 is 1.38 bits per heavy atom. The predicted octanol–water partition coefficient (Wildman–Crippen LogP) is -0.194. The molecule has 0 radical (unpaired) electrons. The monoisotopic (exact) mass is 308 g/mol. The lowest BCUT2D eigenvalue weighted by atomic mass is 10.1. The summed E-state index contributed by atoms with van der Waals surface area (Å²) in [7, 11) is 0. The van der Waals surface area contributed by atoms with Gasteiger partial charge in [-0.25, -0.2) is 14.4 Å². The van der Waals surface area contributed by atoms with Crippen molar-refractivity contribution in [2.45, 2.75) is 37.8 Å². The molecule has 0 unspecified atom stereocenters. The van der Waals surface area contributed by atoms with Gasteiger partial charge < -0.3 is 26.0 Å². The molecule has 0 aromatic carbocycles. The van der Waals surface area contributed by atoms with Crippen molar-refractivity contribution >= 4 is 23.9 Å². The third kappa shape index (κ3) is 8.39. The van der Waals surface area contributed by atoms with Crippen molar-refractivity contribution in [2.24, 2.45) is 0 Å². The van der Waals surface area contributed by atoms with Gasteiger partial charge in [0.25, 0.3) is 0 Å². The number of carbonyl (C=O) groups excluding carboxylic acids is 1. The number of urea groups is 1. The zero-order valence-corrected chi connectivity index (χ0v) is 11.0. The van der Waals surface area contributed by atoms with E-state index in [9.17, 15) is 23.6 Å². The Morgan fingerprint density at radius 1 is 0.905 bits per heavy atom. The molecule has 120 valence electrons. The second-order valence-electron chi connectivity index (χ2n) is 4.16. The summed E-state index contributed by atoms with van der Waals surface area (Å²) in [6.07, 6.45) is -1.04. The third-order valence-corrected chi connectivity index (χ3v) is 2.48. The number of carboxylic acids is 3. The number of halogens is 1. The summed E-state index contributed by atoms with van der Waals surface area (Å²) in [5.41, 5.74) is 0. The maximum Gasteiger partial charge on any atom is 0.326 e. The van der Waals surface area contributed by atoms with E-state index in [1.807, 2.05) is 10.6 Å². The third-order valence-electron chi connectivity index (χ3n) is 2.48. The van der Waals surface area contributed by atoms with Gasteiger partial charge in [-0.3, -0.25) is 9.18 Å². The molecule has 2 amide bonds. The zero-order valence-electron chi connectivity index (χ0n) is 11.0. The lowest BCUT2D eigenvalue weighted by Gasteiger charge is -2.17. The van der Waals surface area contributed by atoms with Crippen LogP contribution in [0.5, 0.6) is 0 Å². The Kier molecular flexibility index (Phi) is 8.42. The van der Waals surface area contributed by atoms with Gasteiger partial charge in [-0.2, -0.15) is 0 Å². The molecule has 0 rings (SSSR count). The van der Waals surface area contributed by atoms with Gasteiger partial charge in [-0.1, -0.05) is 0 Å². The van der Waals surface area contributed by atoms with E-state index in [0.29, 0.717) is 0 Å². The molecule has 0 heterocycles. The summed E-state index contributed by atoms with van der Waals surface area (Å²) < 4.78 is 12.0. The molecule has 0 aliphatic carbocycles. The Labute approximate surface area is 119 Å². The van der Waals surface area contributed by atoms with E-state index in [-0.39, 0.29) is 19.3 Å². The smallest absolute Gasteiger partial charge is 0.326 e. The molecule has 0 aromatic rings. The summed E-state index contributed by atoms with van der Waals surface area (Å²) in [5.74, 6) is -4.05. The fraction of sp³-hybridized carbons (Fsp3) is 0.636. The number of carboxylic acid groups (broad SMARTS) is 3. The van der Waals surface area contributed by atoms with Crippen LogP contribution in [0.3, 0.4) is 0 Å². The van der Waals surface area contributed by atoms with Crippen LogP contribution in [0.2, 0.25) is 0 Å². The first-order valence-electron chi connectivity index (χ1n) is 6.08. The highest BCUT2D eigenvalue weighted by Crippen LogP contribution is 2.01. The molecular weight excluding hydrogens is 291 g/mol. The van der Waals surface area contributed by atoms with Crippen LogP contribution in [-0.4, -0.2) is 58.0 Å². The van der Waals surface area contributed by atoms with Gasteiger partial charge in [-0.15, -0.1) is 0 Å². The molecule has 0 spiro atoms. The van der Waals surface area contributed by atoms with Gasteiger partial charge in [0.1, 0.15) is 12.1 Å². The van der Waals surface area contributed by atoms with Crippen molar-refractivity contribution < 1.29 is 38.9 Å². The van der Waals surface area contributed by atoms with Crippen LogP contribution in [0.25, 0.3) is 0 Å². The van der Waals surface area contributed by atoms with E-state index in [1.165, 1.54) is 0 Å². The summed E-state index contributed by atoms with van der Waals surface area (Å²) in [5, 5.41) is 30.0. The van der Waals surface area contributed by atoms with Crippen molar-refractivity contribution in [1.29, 1.82) is 0 Å². The normalized spacial score (nSPS) is 13.0. The fourth-order valence-electron chi connectivity index (χ4n) is 1.42. The molecule has 2 atom stereocenters. The van der Waals surface area contributed by atoms with Gasteiger partial charge in [0.2, 0.25) is 0 Å². The highest BCUT2D eigenvalue weighted by atomic mass is 19.1. The van der Waals surface area contributed by atoms with Crippen LogP contribution in [0.15, 0.2) is 0 Å². The van der Waals surface area contributed by atoms with Crippen molar-refractivity contribution in [3.8, 4) is 0 Å².